The number of carbonyl (C=O) groups excluding carboxylic acids is 1. The molecule has 0 aliphatic carbocycles. The van der Waals surface area contributed by atoms with Crippen LogP contribution in [0, 0.1) is 0 Å². The van der Waals surface area contributed by atoms with E-state index < -0.39 is 16.2 Å². The van der Waals surface area contributed by atoms with Crippen LogP contribution >= 0.6 is 0 Å². The fraction of sp³-hybridized carbons (Fsp3) is 0.462. The Bertz CT molecular complexity index is 516. The molecule has 1 atom stereocenters. The molecule has 0 bridgehead atoms. The van der Waals surface area contributed by atoms with Gasteiger partial charge in [-0.15, -0.1) is 0 Å². The third-order valence-corrected chi connectivity index (χ3v) is 3.61. The Balaban J connectivity index is 2.22. The van der Waals surface area contributed by atoms with Gasteiger partial charge < -0.3 is 11.1 Å². The molecular formula is C13H20N2O4S. The van der Waals surface area contributed by atoms with Crippen molar-refractivity contribution in [1.82, 2.24) is 5.32 Å². The van der Waals surface area contributed by atoms with E-state index in [4.69, 9.17) is 10.3 Å². The monoisotopic (exact) mass is 300 g/mol. The van der Waals surface area contributed by atoms with Crippen LogP contribution in [0.1, 0.15) is 18.4 Å². The summed E-state index contributed by atoms with van der Waals surface area (Å²) >= 11 is 0. The summed E-state index contributed by atoms with van der Waals surface area (Å²) in [5, 5.41) is 2.55. The third-order valence-electron chi connectivity index (χ3n) is 2.80. The van der Waals surface area contributed by atoms with Crippen LogP contribution in [0.5, 0.6) is 0 Å². The summed E-state index contributed by atoms with van der Waals surface area (Å²) in [6, 6.07) is 9.09. The molecule has 0 saturated carbocycles. The van der Waals surface area contributed by atoms with Crippen molar-refractivity contribution in [2.45, 2.75) is 25.3 Å². The van der Waals surface area contributed by atoms with Crippen molar-refractivity contribution in [3.63, 3.8) is 0 Å². The molecule has 6 nitrogen and oxygen atoms in total. The maximum Gasteiger partial charge on any atom is 0.264 e. The van der Waals surface area contributed by atoms with Gasteiger partial charge in [-0.1, -0.05) is 30.3 Å². The minimum Gasteiger partial charge on any atom is -0.355 e. The topological polar surface area (TPSA) is 109 Å². The fourth-order valence-corrected chi connectivity index (χ4v) is 2.20. The molecule has 1 aromatic rings. The number of aryl methyl sites for hydroxylation is 1. The Hall–Kier alpha value is -1.44. The van der Waals surface area contributed by atoms with Gasteiger partial charge in [0.25, 0.3) is 10.1 Å². The smallest absolute Gasteiger partial charge is 0.264 e. The molecule has 0 radical (unpaired) electrons. The highest BCUT2D eigenvalue weighted by atomic mass is 32.2. The molecule has 0 aliphatic heterocycles. The minimum absolute atomic E-state index is 0.163. The molecule has 0 spiro atoms. The van der Waals surface area contributed by atoms with Crippen molar-refractivity contribution in [1.29, 1.82) is 0 Å². The van der Waals surface area contributed by atoms with E-state index >= 15 is 0 Å². The normalized spacial score (nSPS) is 12.9. The molecule has 1 aromatic carbocycles. The summed E-state index contributed by atoms with van der Waals surface area (Å²) in [6.45, 7) is 0.178. The number of nitrogens with two attached hydrogens (primary N) is 1. The van der Waals surface area contributed by atoms with E-state index in [0.29, 0.717) is 12.8 Å². The van der Waals surface area contributed by atoms with E-state index in [2.05, 4.69) is 5.32 Å². The number of amides is 1. The fourth-order valence-electron chi connectivity index (χ4n) is 1.70. The van der Waals surface area contributed by atoms with Crippen LogP contribution in [0.25, 0.3) is 0 Å². The molecule has 0 aromatic heterocycles. The Kier molecular flexibility index (Phi) is 6.63. The average molecular weight is 300 g/mol. The first-order valence-electron chi connectivity index (χ1n) is 6.41. The number of rotatable bonds is 8. The zero-order valence-electron chi connectivity index (χ0n) is 11.2. The predicted octanol–water partition coefficient (Wildman–Crippen LogP) is 0.341. The minimum atomic E-state index is -3.97. The van der Waals surface area contributed by atoms with Gasteiger partial charge in [0.2, 0.25) is 5.91 Å². The van der Waals surface area contributed by atoms with Gasteiger partial charge >= 0.3 is 0 Å². The van der Waals surface area contributed by atoms with E-state index in [0.717, 1.165) is 5.56 Å². The van der Waals surface area contributed by atoms with Crippen molar-refractivity contribution in [2.24, 2.45) is 5.73 Å². The molecule has 4 N–H and O–H groups in total. The first kappa shape index (κ1) is 16.6. The number of carbonyl (C=O) groups is 1. The molecule has 1 rings (SSSR count). The average Bonchev–Trinajstić information content (AvgIpc) is 2.40. The Morgan fingerprint density at radius 1 is 1.30 bits per heavy atom. The molecule has 0 unspecified atom stereocenters. The van der Waals surface area contributed by atoms with Crippen LogP contribution < -0.4 is 11.1 Å². The second kappa shape index (κ2) is 7.98. The van der Waals surface area contributed by atoms with Gasteiger partial charge in [0.1, 0.15) is 0 Å². The molecule has 1 amide bonds. The highest BCUT2D eigenvalue weighted by molar-refractivity contribution is 7.85. The Morgan fingerprint density at radius 3 is 2.55 bits per heavy atom. The van der Waals surface area contributed by atoms with Crippen molar-refractivity contribution in [2.75, 3.05) is 12.3 Å². The number of hydrogen-bond donors (Lipinski definition) is 3. The standard InChI is InChI=1S/C13H20N2O4S/c14-12(8-7-11-5-2-1-3-6-11)13(16)15-9-4-10-20(17,18)19/h1-3,5-6,12H,4,7-10,14H2,(H,15,16)(H,17,18,19)/t12-/m0/s1. The predicted molar refractivity (Wildman–Crippen MR) is 76.8 cm³/mol. The molecule has 0 saturated heterocycles. The summed E-state index contributed by atoms with van der Waals surface area (Å²) < 4.78 is 29.5. The number of nitrogens with one attached hydrogen (secondary N) is 1. The van der Waals surface area contributed by atoms with Gasteiger partial charge in [-0.05, 0) is 24.8 Å². The van der Waals surface area contributed by atoms with E-state index in [1.807, 2.05) is 30.3 Å². The Morgan fingerprint density at radius 2 is 1.95 bits per heavy atom. The maximum absolute atomic E-state index is 11.6. The highest BCUT2D eigenvalue weighted by Crippen LogP contribution is 2.04. The second-order valence-electron chi connectivity index (χ2n) is 4.56. The maximum atomic E-state index is 11.6. The van der Waals surface area contributed by atoms with Gasteiger partial charge in [0.05, 0.1) is 11.8 Å². The lowest BCUT2D eigenvalue weighted by molar-refractivity contribution is -0.122. The molecular weight excluding hydrogens is 280 g/mol. The first-order valence-corrected chi connectivity index (χ1v) is 8.02. The van der Waals surface area contributed by atoms with Gasteiger partial charge in [0.15, 0.2) is 0 Å². The van der Waals surface area contributed by atoms with Crippen LogP contribution in [0.2, 0.25) is 0 Å². The van der Waals surface area contributed by atoms with Crippen LogP contribution in [0.15, 0.2) is 30.3 Å². The zero-order chi connectivity index (χ0) is 15.0. The van der Waals surface area contributed by atoms with Crippen LogP contribution in [0.3, 0.4) is 0 Å². The van der Waals surface area contributed by atoms with Gasteiger partial charge in [-0.25, -0.2) is 0 Å². The van der Waals surface area contributed by atoms with Crippen molar-refractivity contribution >= 4 is 16.0 Å². The van der Waals surface area contributed by atoms with Gasteiger partial charge in [0, 0.05) is 6.54 Å². The number of hydrogen-bond acceptors (Lipinski definition) is 4. The van der Waals surface area contributed by atoms with E-state index in [1.165, 1.54) is 0 Å². The van der Waals surface area contributed by atoms with Crippen LogP contribution in [0.4, 0.5) is 0 Å². The molecule has 0 fully saturated rings. The van der Waals surface area contributed by atoms with Crippen molar-refractivity contribution in [3.8, 4) is 0 Å². The quantitative estimate of drug-likeness (QED) is 0.474. The largest absolute Gasteiger partial charge is 0.355 e. The molecule has 0 aliphatic rings. The molecule has 20 heavy (non-hydrogen) atoms. The summed E-state index contributed by atoms with van der Waals surface area (Å²) in [7, 11) is -3.97. The first-order chi connectivity index (χ1) is 9.38. The summed E-state index contributed by atoms with van der Waals surface area (Å²) in [5.74, 6) is -0.678. The van der Waals surface area contributed by atoms with E-state index in [-0.39, 0.29) is 24.6 Å². The zero-order valence-corrected chi connectivity index (χ0v) is 12.0. The molecule has 112 valence electrons. The van der Waals surface area contributed by atoms with Gasteiger partial charge in [-0.2, -0.15) is 8.42 Å². The summed E-state index contributed by atoms with van der Waals surface area (Å²) in [4.78, 5) is 11.6. The SMILES string of the molecule is N[C@@H](CCc1ccccc1)C(=O)NCCCS(=O)(=O)O. The van der Waals surface area contributed by atoms with Crippen LogP contribution in [-0.2, 0) is 21.3 Å². The van der Waals surface area contributed by atoms with Gasteiger partial charge in [-0.3, -0.25) is 9.35 Å². The molecule has 7 heteroatoms. The number of benzene rings is 1. The summed E-state index contributed by atoms with van der Waals surface area (Å²) in [5.41, 5.74) is 6.87. The van der Waals surface area contributed by atoms with E-state index in [9.17, 15) is 13.2 Å². The summed E-state index contributed by atoms with van der Waals surface area (Å²) in [6.07, 6.45) is 1.39. The lowest BCUT2D eigenvalue weighted by atomic mass is 10.1. The molecule has 0 heterocycles. The van der Waals surface area contributed by atoms with Crippen LogP contribution in [-0.4, -0.2) is 37.2 Å². The Labute approximate surface area is 119 Å². The third kappa shape index (κ3) is 7.22. The lowest BCUT2D eigenvalue weighted by Gasteiger charge is -2.12. The highest BCUT2D eigenvalue weighted by Gasteiger charge is 2.13. The van der Waals surface area contributed by atoms with Crippen molar-refractivity contribution < 1.29 is 17.8 Å². The van der Waals surface area contributed by atoms with E-state index in [1.54, 1.807) is 0 Å². The lowest BCUT2D eigenvalue weighted by Crippen LogP contribution is -2.41. The van der Waals surface area contributed by atoms with Crippen molar-refractivity contribution in [3.05, 3.63) is 35.9 Å². The second-order valence-corrected chi connectivity index (χ2v) is 6.13.